The number of amides is 1. The van der Waals surface area contributed by atoms with Gasteiger partial charge in [0.15, 0.2) is 0 Å². The van der Waals surface area contributed by atoms with Crippen molar-refractivity contribution in [2.75, 3.05) is 13.2 Å². The van der Waals surface area contributed by atoms with Gasteiger partial charge in [0.25, 0.3) is 0 Å². The van der Waals surface area contributed by atoms with Crippen LogP contribution in [0.25, 0.3) is 0 Å². The van der Waals surface area contributed by atoms with E-state index in [0.29, 0.717) is 0 Å². The summed E-state index contributed by atoms with van der Waals surface area (Å²) in [7, 11) is -3.82. The van der Waals surface area contributed by atoms with Crippen LogP contribution < -0.4 is 5.73 Å². The number of hydrogen-bond donors (Lipinski definition) is 2. The van der Waals surface area contributed by atoms with E-state index in [1.807, 2.05) is 0 Å². The van der Waals surface area contributed by atoms with Gasteiger partial charge in [-0.2, -0.15) is 0 Å². The topological polar surface area (TPSA) is 108 Å². The molecule has 0 aliphatic heterocycles. The number of para-hydroxylation sites is 1. The minimum atomic E-state index is -3.82. The Labute approximate surface area is 117 Å². The zero-order chi connectivity index (χ0) is 15.2. The van der Waals surface area contributed by atoms with Gasteiger partial charge in [-0.05, 0) is 19.9 Å². The predicted molar refractivity (Wildman–Crippen MR) is 72.4 cm³/mol. The third-order valence-electron chi connectivity index (χ3n) is 2.34. The lowest BCUT2D eigenvalue weighted by Crippen LogP contribution is -2.19. The number of carbonyl (C=O) groups is 1. The minimum Gasteiger partial charge on any atom is -0.508 e. The number of rotatable bonds is 7. The van der Waals surface area contributed by atoms with Crippen molar-refractivity contribution in [2.45, 2.75) is 19.7 Å². The average Bonchev–Trinajstić information content (AvgIpc) is 2.37. The fraction of sp³-hybridized carbons (Fsp3) is 0.417. The Hall–Kier alpha value is -1.56. The lowest BCUT2D eigenvalue weighted by molar-refractivity contribution is 0.108. The third kappa shape index (κ3) is 3.96. The molecule has 0 bridgehead atoms. The summed E-state index contributed by atoms with van der Waals surface area (Å²) in [5.41, 5.74) is 5.10. The molecule has 0 saturated heterocycles. The predicted octanol–water partition coefficient (Wildman–Crippen LogP) is 2.75. The third-order valence-corrected chi connectivity index (χ3v) is 4.53. The number of benzene rings is 1. The largest absolute Gasteiger partial charge is 0.508 e. The van der Waals surface area contributed by atoms with E-state index < -0.39 is 19.5 Å². The van der Waals surface area contributed by atoms with E-state index in [1.165, 1.54) is 12.1 Å². The molecule has 0 aliphatic carbocycles. The maximum Gasteiger partial charge on any atom is 0.405 e. The highest BCUT2D eigenvalue weighted by atomic mass is 31.2. The summed E-state index contributed by atoms with van der Waals surface area (Å²) in [5, 5.41) is 9.83. The lowest BCUT2D eigenvalue weighted by atomic mass is 10.2. The van der Waals surface area contributed by atoms with Crippen molar-refractivity contribution in [3.8, 4) is 5.75 Å². The summed E-state index contributed by atoms with van der Waals surface area (Å²) in [6, 6.07) is 5.99. The summed E-state index contributed by atoms with van der Waals surface area (Å²) in [6.07, 6.45) is -1.14. The van der Waals surface area contributed by atoms with E-state index in [-0.39, 0.29) is 24.5 Å². The lowest BCUT2D eigenvalue weighted by Gasteiger charge is -2.26. The van der Waals surface area contributed by atoms with Gasteiger partial charge in [-0.15, -0.1) is 0 Å². The Morgan fingerprint density at radius 1 is 1.30 bits per heavy atom. The van der Waals surface area contributed by atoms with Gasteiger partial charge in [0, 0.05) is 5.56 Å². The van der Waals surface area contributed by atoms with E-state index in [4.69, 9.17) is 19.5 Å². The van der Waals surface area contributed by atoms with Crippen LogP contribution in [0.2, 0.25) is 0 Å². The number of nitrogens with two attached hydrogens (primary N) is 1. The highest BCUT2D eigenvalue weighted by molar-refractivity contribution is 7.54. The maximum absolute atomic E-state index is 12.7. The number of ether oxygens (including phenoxy) is 1. The molecule has 0 saturated carbocycles. The molecule has 0 fully saturated rings. The first-order chi connectivity index (χ1) is 9.44. The Balaban J connectivity index is 3.26. The van der Waals surface area contributed by atoms with Gasteiger partial charge in [-0.1, -0.05) is 18.2 Å². The van der Waals surface area contributed by atoms with Crippen LogP contribution in [0.15, 0.2) is 24.3 Å². The quantitative estimate of drug-likeness (QED) is 0.750. The van der Waals surface area contributed by atoms with Crippen LogP contribution in [-0.4, -0.2) is 24.4 Å². The van der Waals surface area contributed by atoms with Gasteiger partial charge in [0.2, 0.25) is 5.85 Å². The van der Waals surface area contributed by atoms with Crippen molar-refractivity contribution < 1.29 is 28.3 Å². The van der Waals surface area contributed by atoms with Crippen LogP contribution in [-0.2, 0) is 18.3 Å². The van der Waals surface area contributed by atoms with Crippen molar-refractivity contribution in [3.63, 3.8) is 0 Å². The fourth-order valence-corrected chi connectivity index (χ4v) is 3.49. The first kappa shape index (κ1) is 16.5. The molecule has 0 aromatic heterocycles. The molecule has 7 nitrogen and oxygen atoms in total. The number of aromatic hydroxyl groups is 1. The second-order valence-electron chi connectivity index (χ2n) is 3.72. The molecule has 8 heteroatoms. The average molecular weight is 303 g/mol. The Morgan fingerprint density at radius 3 is 2.30 bits per heavy atom. The molecule has 1 aromatic rings. The second-order valence-corrected chi connectivity index (χ2v) is 5.79. The van der Waals surface area contributed by atoms with Crippen molar-refractivity contribution in [2.24, 2.45) is 5.73 Å². The molecule has 1 rings (SSSR count). The van der Waals surface area contributed by atoms with Gasteiger partial charge in [-0.25, -0.2) is 4.79 Å². The van der Waals surface area contributed by atoms with Crippen LogP contribution in [0.1, 0.15) is 25.3 Å². The van der Waals surface area contributed by atoms with Crippen LogP contribution >= 0.6 is 7.60 Å². The molecular weight excluding hydrogens is 285 g/mol. The Morgan fingerprint density at radius 2 is 1.85 bits per heavy atom. The van der Waals surface area contributed by atoms with E-state index >= 15 is 0 Å². The van der Waals surface area contributed by atoms with Gasteiger partial charge < -0.3 is 24.6 Å². The smallest absolute Gasteiger partial charge is 0.405 e. The first-order valence-corrected chi connectivity index (χ1v) is 7.68. The van der Waals surface area contributed by atoms with E-state index in [0.717, 1.165) is 0 Å². The number of hydrogen-bond acceptors (Lipinski definition) is 6. The van der Waals surface area contributed by atoms with Crippen LogP contribution in [0.5, 0.6) is 5.75 Å². The van der Waals surface area contributed by atoms with E-state index in [9.17, 15) is 14.5 Å². The molecule has 0 radical (unpaired) electrons. The van der Waals surface area contributed by atoms with Crippen LogP contribution in [0, 0.1) is 0 Å². The molecule has 3 N–H and O–H groups in total. The summed E-state index contributed by atoms with van der Waals surface area (Å²) in [6.45, 7) is 3.42. The number of phenols is 1. The Bertz CT molecular complexity index is 496. The van der Waals surface area contributed by atoms with Gasteiger partial charge in [-0.3, -0.25) is 4.57 Å². The Kier molecular flexibility index (Phi) is 6.01. The molecular formula is C12H18NO6P. The van der Waals surface area contributed by atoms with E-state index in [2.05, 4.69) is 0 Å². The zero-order valence-corrected chi connectivity index (χ0v) is 12.2. The molecule has 112 valence electrons. The monoisotopic (exact) mass is 303 g/mol. The molecule has 0 heterocycles. The maximum atomic E-state index is 12.7. The first-order valence-electron chi connectivity index (χ1n) is 6.07. The fourth-order valence-electron chi connectivity index (χ4n) is 1.64. The van der Waals surface area contributed by atoms with Crippen molar-refractivity contribution in [3.05, 3.63) is 29.8 Å². The summed E-state index contributed by atoms with van der Waals surface area (Å²) >= 11 is 0. The normalized spacial score (nSPS) is 12.9. The summed E-state index contributed by atoms with van der Waals surface area (Å²) in [5.74, 6) is -1.61. The van der Waals surface area contributed by atoms with Crippen molar-refractivity contribution in [1.82, 2.24) is 0 Å². The van der Waals surface area contributed by atoms with Gasteiger partial charge in [0.1, 0.15) is 5.75 Å². The van der Waals surface area contributed by atoms with Crippen LogP contribution in [0.3, 0.4) is 0 Å². The van der Waals surface area contributed by atoms with Gasteiger partial charge >= 0.3 is 13.7 Å². The molecule has 1 aromatic carbocycles. The zero-order valence-electron chi connectivity index (χ0n) is 11.3. The van der Waals surface area contributed by atoms with Gasteiger partial charge in [0.05, 0.1) is 13.2 Å². The van der Waals surface area contributed by atoms with Crippen molar-refractivity contribution >= 4 is 13.7 Å². The number of phenolic OH excluding ortho intramolecular Hbond substituents is 1. The molecule has 1 atom stereocenters. The van der Waals surface area contributed by atoms with Crippen molar-refractivity contribution in [1.29, 1.82) is 0 Å². The SMILES string of the molecule is CCOP(=O)(OCC)[C@H](OC(N)=O)c1ccccc1O. The standard InChI is InChI=1S/C12H18NO6P/c1-3-17-20(16,18-4-2)11(19-12(13)15)9-7-5-6-8-10(9)14/h5-8,11,14H,3-4H2,1-2H3,(H2,13,15)/t11-/m0/s1. The number of carbonyl (C=O) groups excluding carboxylic acids is 1. The molecule has 20 heavy (non-hydrogen) atoms. The molecule has 0 unspecified atom stereocenters. The molecule has 1 amide bonds. The highest BCUT2D eigenvalue weighted by Crippen LogP contribution is 2.62. The highest BCUT2D eigenvalue weighted by Gasteiger charge is 2.41. The summed E-state index contributed by atoms with van der Waals surface area (Å²) < 4.78 is 27.8. The second kappa shape index (κ2) is 7.28. The van der Waals surface area contributed by atoms with Crippen LogP contribution in [0.4, 0.5) is 4.79 Å². The number of primary amides is 1. The minimum absolute atomic E-state index is 0.0868. The summed E-state index contributed by atoms with van der Waals surface area (Å²) in [4.78, 5) is 11.0. The molecule has 0 aliphatic rings. The van der Waals surface area contributed by atoms with E-state index in [1.54, 1.807) is 26.0 Å². The molecule has 0 spiro atoms.